The van der Waals surface area contributed by atoms with Crippen molar-refractivity contribution in [3.8, 4) is 55.6 Å². The third-order valence-electron chi connectivity index (χ3n) is 9.48. The van der Waals surface area contributed by atoms with E-state index in [9.17, 15) is 0 Å². The molecule has 9 aromatic rings. The van der Waals surface area contributed by atoms with Crippen LogP contribution in [0.15, 0.2) is 163 Å². The van der Waals surface area contributed by atoms with Gasteiger partial charge in [-0.3, -0.25) is 9.55 Å². The number of nitrogens with zero attached hydrogens (tertiary/aromatic N) is 4. The lowest BCUT2D eigenvalue weighted by Gasteiger charge is -2.20. The maximum absolute atomic E-state index is 5.30. The molecule has 5 heteroatoms. The zero-order valence-corrected chi connectivity index (χ0v) is 28.7. The maximum atomic E-state index is 5.30. The molecule has 240 valence electrons. The van der Waals surface area contributed by atoms with Gasteiger partial charge in [-0.1, -0.05) is 105 Å². The molecule has 0 aliphatic rings. The van der Waals surface area contributed by atoms with Gasteiger partial charge in [0.1, 0.15) is 5.82 Å². The summed E-state index contributed by atoms with van der Waals surface area (Å²) in [4.78, 5) is 11.5. The minimum atomic E-state index is 0.270. The summed E-state index contributed by atoms with van der Waals surface area (Å²) in [5.74, 6) is 1.14. The Morgan fingerprint density at radius 3 is 2.04 bits per heavy atom. The highest BCUT2D eigenvalue weighted by molar-refractivity contribution is 7.13. The molecule has 0 atom stereocenters. The van der Waals surface area contributed by atoms with Crippen molar-refractivity contribution < 1.29 is 0 Å². The van der Waals surface area contributed by atoms with Gasteiger partial charge in [0, 0.05) is 56.1 Å². The van der Waals surface area contributed by atoms with Gasteiger partial charge in [-0.15, -0.1) is 11.3 Å². The second-order valence-electron chi connectivity index (χ2n) is 12.9. The van der Waals surface area contributed by atoms with Crippen LogP contribution in [0.1, 0.15) is 25.5 Å². The minimum absolute atomic E-state index is 0.270. The van der Waals surface area contributed by atoms with E-state index < -0.39 is 0 Å². The summed E-state index contributed by atoms with van der Waals surface area (Å²) in [7, 11) is 0. The Bertz CT molecular complexity index is 2530. The Kier molecular flexibility index (Phi) is 7.48. The van der Waals surface area contributed by atoms with E-state index in [1.165, 1.54) is 32.2 Å². The second kappa shape index (κ2) is 12.4. The van der Waals surface area contributed by atoms with Gasteiger partial charge >= 0.3 is 0 Å². The van der Waals surface area contributed by atoms with Crippen LogP contribution in [-0.2, 0) is 0 Å². The van der Waals surface area contributed by atoms with Crippen LogP contribution in [-0.4, -0.2) is 19.1 Å². The monoisotopic (exact) mass is 662 g/mol. The van der Waals surface area contributed by atoms with Crippen molar-refractivity contribution in [2.24, 2.45) is 0 Å². The average molecular weight is 663 g/mol. The highest BCUT2D eigenvalue weighted by atomic mass is 32.1. The summed E-state index contributed by atoms with van der Waals surface area (Å²) in [6, 6.07) is 52.0. The number of aromatic nitrogens is 4. The maximum Gasteiger partial charge on any atom is 0.144 e. The van der Waals surface area contributed by atoms with Crippen molar-refractivity contribution in [1.82, 2.24) is 19.1 Å². The van der Waals surface area contributed by atoms with Crippen molar-refractivity contribution in [1.29, 1.82) is 0 Å². The molecule has 0 aliphatic carbocycles. The Hall–Kier alpha value is -6.04. The third kappa shape index (κ3) is 5.15. The van der Waals surface area contributed by atoms with Gasteiger partial charge in [0.25, 0.3) is 0 Å². The topological polar surface area (TPSA) is 35.6 Å². The molecule has 4 nitrogen and oxygen atoms in total. The Morgan fingerprint density at radius 2 is 1.30 bits per heavy atom. The first-order chi connectivity index (χ1) is 24.6. The lowest BCUT2D eigenvalue weighted by atomic mass is 9.96. The first-order valence-corrected chi connectivity index (χ1v) is 17.9. The minimum Gasteiger partial charge on any atom is -0.309 e. The lowest BCUT2D eigenvalue weighted by Crippen LogP contribution is -2.07. The van der Waals surface area contributed by atoms with Crippen LogP contribution in [0.2, 0.25) is 0 Å². The van der Waals surface area contributed by atoms with Gasteiger partial charge in [-0.05, 0) is 77.0 Å². The number of pyridine rings is 1. The number of hydrogen-bond donors (Lipinski definition) is 0. The van der Waals surface area contributed by atoms with Gasteiger partial charge in [0.2, 0.25) is 0 Å². The van der Waals surface area contributed by atoms with E-state index in [1.807, 2.05) is 6.20 Å². The molecule has 5 aromatic carbocycles. The molecule has 0 radical (unpaired) electrons. The Morgan fingerprint density at radius 1 is 0.600 bits per heavy atom. The van der Waals surface area contributed by atoms with Gasteiger partial charge in [-0.2, -0.15) is 0 Å². The van der Waals surface area contributed by atoms with Crippen LogP contribution in [0, 0.1) is 0 Å². The van der Waals surface area contributed by atoms with Crippen molar-refractivity contribution in [2.45, 2.75) is 19.8 Å². The molecular weight excluding hydrogens is 629 g/mol. The summed E-state index contributed by atoms with van der Waals surface area (Å²) in [5, 5.41) is 4.64. The lowest BCUT2D eigenvalue weighted by molar-refractivity contribution is 0.822. The predicted octanol–water partition coefficient (Wildman–Crippen LogP) is 12.2. The van der Waals surface area contributed by atoms with Gasteiger partial charge in [0.15, 0.2) is 0 Å². The molecule has 9 rings (SSSR count). The van der Waals surface area contributed by atoms with Crippen LogP contribution in [0.5, 0.6) is 0 Å². The summed E-state index contributed by atoms with van der Waals surface area (Å²) >= 11 is 1.78. The molecule has 0 spiro atoms. The standard InChI is InChI=1S/C45H34N4S/c1-30(2)39-29-37(31-12-5-3-6-13-31)44(43(47-39)32-14-7-4-8-15-32)48-26-25-46-45(48)33-19-22-35(23-20-33)49-40-17-10-9-16-36(40)38-28-34(21-24-41(38)49)42-18-11-27-50-42/h3-30H,1-2H3. The normalized spacial score (nSPS) is 11.6. The summed E-state index contributed by atoms with van der Waals surface area (Å²) in [6.45, 7) is 4.41. The number of imidazole rings is 1. The fourth-order valence-electron chi connectivity index (χ4n) is 7.04. The van der Waals surface area contributed by atoms with Crippen LogP contribution in [0.25, 0.3) is 77.4 Å². The largest absolute Gasteiger partial charge is 0.309 e. The molecule has 0 fully saturated rings. The Balaban J connectivity index is 1.20. The average Bonchev–Trinajstić information content (AvgIpc) is 3.95. The summed E-state index contributed by atoms with van der Waals surface area (Å²) in [5.41, 5.74) is 12.2. The molecule has 0 N–H and O–H groups in total. The number of hydrogen-bond acceptors (Lipinski definition) is 3. The van der Waals surface area contributed by atoms with Crippen LogP contribution in [0.4, 0.5) is 0 Å². The molecule has 0 saturated heterocycles. The number of benzene rings is 5. The molecule has 4 aromatic heterocycles. The van der Waals surface area contributed by atoms with E-state index in [2.05, 4.69) is 180 Å². The number of thiophene rings is 1. The van der Waals surface area contributed by atoms with Crippen molar-refractivity contribution >= 4 is 33.1 Å². The number of para-hydroxylation sites is 1. The van der Waals surface area contributed by atoms with E-state index in [0.717, 1.165) is 50.8 Å². The third-order valence-corrected chi connectivity index (χ3v) is 10.4. The van der Waals surface area contributed by atoms with Gasteiger partial charge in [0.05, 0.1) is 22.4 Å². The van der Waals surface area contributed by atoms with Crippen molar-refractivity contribution in [3.05, 3.63) is 169 Å². The fraction of sp³-hybridized carbons (Fsp3) is 0.0667. The molecule has 4 heterocycles. The molecule has 0 saturated carbocycles. The molecule has 50 heavy (non-hydrogen) atoms. The quantitative estimate of drug-likeness (QED) is 0.170. The highest BCUT2D eigenvalue weighted by Gasteiger charge is 2.22. The molecule has 0 unspecified atom stereocenters. The van der Waals surface area contributed by atoms with Crippen LogP contribution >= 0.6 is 11.3 Å². The predicted molar refractivity (Wildman–Crippen MR) is 209 cm³/mol. The first kappa shape index (κ1) is 30.1. The van der Waals surface area contributed by atoms with Gasteiger partial charge in [-0.25, -0.2) is 4.98 Å². The van der Waals surface area contributed by atoms with E-state index in [1.54, 1.807) is 11.3 Å². The SMILES string of the molecule is CC(C)c1cc(-c2ccccc2)c(-n2ccnc2-c2ccc(-n3c4ccccc4c4cc(-c5cccs5)ccc43)cc2)c(-c2ccccc2)n1. The summed E-state index contributed by atoms with van der Waals surface area (Å²) < 4.78 is 4.58. The van der Waals surface area contributed by atoms with Gasteiger partial charge < -0.3 is 4.57 Å². The molecule has 0 amide bonds. The Labute approximate surface area is 295 Å². The van der Waals surface area contributed by atoms with E-state index >= 15 is 0 Å². The van der Waals surface area contributed by atoms with Crippen LogP contribution in [0.3, 0.4) is 0 Å². The van der Waals surface area contributed by atoms with Crippen LogP contribution < -0.4 is 0 Å². The van der Waals surface area contributed by atoms with E-state index in [-0.39, 0.29) is 5.92 Å². The first-order valence-electron chi connectivity index (χ1n) is 17.0. The van der Waals surface area contributed by atoms with E-state index in [4.69, 9.17) is 9.97 Å². The second-order valence-corrected chi connectivity index (χ2v) is 13.9. The number of fused-ring (bicyclic) bond motifs is 3. The smallest absolute Gasteiger partial charge is 0.144 e. The molecule has 0 aliphatic heterocycles. The van der Waals surface area contributed by atoms with E-state index in [0.29, 0.717) is 0 Å². The highest BCUT2D eigenvalue weighted by Crippen LogP contribution is 2.40. The molecule has 0 bridgehead atoms. The zero-order chi connectivity index (χ0) is 33.6. The molecular formula is C45H34N4S. The zero-order valence-electron chi connectivity index (χ0n) is 27.9. The van der Waals surface area contributed by atoms with Crippen molar-refractivity contribution in [2.75, 3.05) is 0 Å². The summed E-state index contributed by atoms with van der Waals surface area (Å²) in [6.07, 6.45) is 3.95. The van der Waals surface area contributed by atoms with Crippen molar-refractivity contribution in [3.63, 3.8) is 0 Å². The fourth-order valence-corrected chi connectivity index (χ4v) is 7.76. The number of rotatable bonds is 7.